The molecule has 4 rings (SSSR count). The molecule has 1 N–H and O–H groups in total. The molecule has 2 nitrogen and oxygen atoms in total. The number of hydrogen-bond donors (Lipinski definition) is 1. The summed E-state index contributed by atoms with van der Waals surface area (Å²) in [5, 5.41) is 3.57. The van der Waals surface area contributed by atoms with E-state index in [0.717, 1.165) is 31.4 Å². The summed E-state index contributed by atoms with van der Waals surface area (Å²) in [5.41, 5.74) is 5.18. The first-order chi connectivity index (χ1) is 9.90. The second-order valence-electron chi connectivity index (χ2n) is 5.75. The molecule has 1 aliphatic heterocycles. The monoisotopic (exact) mass is 265 g/mol. The molecule has 2 aliphatic rings. The largest absolute Gasteiger partial charge is 0.492 e. The number of para-hydroxylation sites is 1. The standard InChI is InChI=1S/C18H19NO/c1-3-13(12-19-16-7-8-16)11-15(5-1)17-6-2-4-14-9-10-20-18(14)17/h1-6,11,16,19H,7-10,12H2. The minimum Gasteiger partial charge on any atom is -0.492 e. The Bertz CT molecular complexity index is 631. The molecule has 102 valence electrons. The molecule has 2 heteroatoms. The van der Waals surface area contributed by atoms with Gasteiger partial charge in [0.15, 0.2) is 0 Å². The summed E-state index contributed by atoms with van der Waals surface area (Å²) in [7, 11) is 0. The third kappa shape index (κ3) is 2.32. The molecule has 0 saturated heterocycles. The number of benzene rings is 2. The second kappa shape index (κ2) is 4.95. The van der Waals surface area contributed by atoms with E-state index >= 15 is 0 Å². The maximum atomic E-state index is 5.82. The van der Waals surface area contributed by atoms with Gasteiger partial charge in [0.1, 0.15) is 5.75 Å². The van der Waals surface area contributed by atoms with Crippen LogP contribution in [-0.2, 0) is 13.0 Å². The van der Waals surface area contributed by atoms with Crippen molar-refractivity contribution >= 4 is 0 Å². The van der Waals surface area contributed by atoms with Crippen LogP contribution in [0.3, 0.4) is 0 Å². The average Bonchev–Trinajstić information content (AvgIpc) is 3.20. The minimum absolute atomic E-state index is 0.753. The van der Waals surface area contributed by atoms with Gasteiger partial charge in [0.2, 0.25) is 0 Å². The number of hydrogen-bond acceptors (Lipinski definition) is 2. The Balaban J connectivity index is 1.64. The van der Waals surface area contributed by atoms with Crippen molar-refractivity contribution in [3.05, 3.63) is 53.6 Å². The molecular weight excluding hydrogens is 246 g/mol. The molecule has 20 heavy (non-hydrogen) atoms. The smallest absolute Gasteiger partial charge is 0.130 e. The molecule has 2 aromatic carbocycles. The van der Waals surface area contributed by atoms with E-state index in [1.165, 1.54) is 35.1 Å². The van der Waals surface area contributed by atoms with Gasteiger partial charge in [0.25, 0.3) is 0 Å². The fourth-order valence-electron chi connectivity index (χ4n) is 2.84. The highest BCUT2D eigenvalue weighted by Crippen LogP contribution is 2.36. The zero-order valence-electron chi connectivity index (χ0n) is 11.6. The summed E-state index contributed by atoms with van der Waals surface area (Å²) < 4.78 is 5.82. The van der Waals surface area contributed by atoms with E-state index in [-0.39, 0.29) is 0 Å². The Morgan fingerprint density at radius 1 is 1.10 bits per heavy atom. The molecule has 0 radical (unpaired) electrons. The SMILES string of the molecule is c1cc(CNC2CC2)cc(-c2cccc3c2OCC3)c1. The van der Waals surface area contributed by atoms with Crippen molar-refractivity contribution in [1.29, 1.82) is 0 Å². The first-order valence-electron chi connectivity index (χ1n) is 7.47. The molecule has 1 saturated carbocycles. The van der Waals surface area contributed by atoms with Gasteiger partial charge in [-0.1, -0.05) is 36.4 Å². The van der Waals surface area contributed by atoms with Crippen LogP contribution in [0.2, 0.25) is 0 Å². The lowest BCUT2D eigenvalue weighted by Gasteiger charge is -2.10. The fraction of sp³-hybridized carbons (Fsp3) is 0.333. The summed E-state index contributed by atoms with van der Waals surface area (Å²) >= 11 is 0. The number of fused-ring (bicyclic) bond motifs is 1. The van der Waals surface area contributed by atoms with Crippen molar-refractivity contribution in [2.24, 2.45) is 0 Å². The maximum Gasteiger partial charge on any atom is 0.130 e. The average molecular weight is 265 g/mol. The zero-order chi connectivity index (χ0) is 13.4. The molecule has 1 aliphatic carbocycles. The fourth-order valence-corrected chi connectivity index (χ4v) is 2.84. The van der Waals surface area contributed by atoms with E-state index in [0.29, 0.717) is 0 Å². The third-order valence-electron chi connectivity index (χ3n) is 4.12. The normalized spacial score (nSPS) is 16.8. The van der Waals surface area contributed by atoms with Crippen LogP contribution in [-0.4, -0.2) is 12.6 Å². The van der Waals surface area contributed by atoms with Gasteiger partial charge >= 0.3 is 0 Å². The van der Waals surface area contributed by atoms with Crippen LogP contribution in [0.25, 0.3) is 11.1 Å². The highest BCUT2D eigenvalue weighted by atomic mass is 16.5. The van der Waals surface area contributed by atoms with Gasteiger partial charge < -0.3 is 10.1 Å². The van der Waals surface area contributed by atoms with E-state index in [4.69, 9.17) is 4.74 Å². The van der Waals surface area contributed by atoms with Crippen LogP contribution >= 0.6 is 0 Å². The highest BCUT2D eigenvalue weighted by Gasteiger charge is 2.20. The van der Waals surface area contributed by atoms with Crippen molar-refractivity contribution in [2.45, 2.75) is 31.8 Å². The molecule has 2 aromatic rings. The van der Waals surface area contributed by atoms with Crippen LogP contribution in [0.5, 0.6) is 5.75 Å². The van der Waals surface area contributed by atoms with E-state index in [2.05, 4.69) is 47.8 Å². The van der Waals surface area contributed by atoms with Gasteiger partial charge in [-0.15, -0.1) is 0 Å². The first kappa shape index (κ1) is 12.0. The number of rotatable bonds is 4. The Morgan fingerprint density at radius 2 is 2.00 bits per heavy atom. The van der Waals surface area contributed by atoms with Crippen LogP contribution in [0.1, 0.15) is 24.0 Å². The van der Waals surface area contributed by atoms with E-state index in [1.807, 2.05) is 0 Å². The molecule has 1 fully saturated rings. The lowest BCUT2D eigenvalue weighted by Crippen LogP contribution is -2.15. The topological polar surface area (TPSA) is 21.3 Å². The lowest BCUT2D eigenvalue weighted by molar-refractivity contribution is 0.358. The van der Waals surface area contributed by atoms with E-state index in [9.17, 15) is 0 Å². The number of nitrogens with one attached hydrogen (secondary N) is 1. The van der Waals surface area contributed by atoms with Crippen molar-refractivity contribution in [3.63, 3.8) is 0 Å². The Morgan fingerprint density at radius 3 is 2.90 bits per heavy atom. The Labute approximate surface area is 119 Å². The van der Waals surface area contributed by atoms with Crippen LogP contribution in [0, 0.1) is 0 Å². The van der Waals surface area contributed by atoms with E-state index < -0.39 is 0 Å². The Kier molecular flexibility index (Phi) is 2.96. The molecule has 1 heterocycles. The van der Waals surface area contributed by atoms with E-state index in [1.54, 1.807) is 0 Å². The third-order valence-corrected chi connectivity index (χ3v) is 4.12. The summed E-state index contributed by atoms with van der Waals surface area (Å²) in [4.78, 5) is 0. The van der Waals surface area contributed by atoms with Gasteiger partial charge in [0.05, 0.1) is 6.61 Å². The summed E-state index contributed by atoms with van der Waals surface area (Å²) in [5.74, 6) is 1.08. The van der Waals surface area contributed by atoms with Crippen LogP contribution < -0.4 is 10.1 Å². The van der Waals surface area contributed by atoms with Crippen molar-refractivity contribution in [3.8, 4) is 16.9 Å². The van der Waals surface area contributed by atoms with Crippen LogP contribution in [0.15, 0.2) is 42.5 Å². The molecule has 0 bridgehead atoms. The summed E-state index contributed by atoms with van der Waals surface area (Å²) in [6.07, 6.45) is 3.70. The van der Waals surface area contributed by atoms with Crippen molar-refractivity contribution in [2.75, 3.05) is 6.61 Å². The Hall–Kier alpha value is -1.80. The molecule has 0 atom stereocenters. The van der Waals surface area contributed by atoms with Gasteiger partial charge in [-0.25, -0.2) is 0 Å². The maximum absolute atomic E-state index is 5.82. The molecular formula is C18H19NO. The molecule has 0 spiro atoms. The molecule has 0 unspecified atom stereocenters. The van der Waals surface area contributed by atoms with Crippen molar-refractivity contribution in [1.82, 2.24) is 5.32 Å². The quantitative estimate of drug-likeness (QED) is 0.913. The predicted molar refractivity (Wildman–Crippen MR) is 80.9 cm³/mol. The zero-order valence-corrected chi connectivity index (χ0v) is 11.6. The lowest BCUT2D eigenvalue weighted by atomic mass is 9.99. The summed E-state index contributed by atoms with van der Waals surface area (Å²) in [6, 6.07) is 16.0. The van der Waals surface area contributed by atoms with Gasteiger partial charge in [-0.3, -0.25) is 0 Å². The first-order valence-corrected chi connectivity index (χ1v) is 7.47. The molecule has 0 amide bonds. The van der Waals surface area contributed by atoms with Gasteiger partial charge in [-0.05, 0) is 35.6 Å². The van der Waals surface area contributed by atoms with Gasteiger partial charge in [0, 0.05) is 24.6 Å². The summed E-state index contributed by atoms with van der Waals surface area (Å²) in [6.45, 7) is 1.78. The van der Waals surface area contributed by atoms with Crippen molar-refractivity contribution < 1.29 is 4.74 Å². The van der Waals surface area contributed by atoms with Crippen LogP contribution in [0.4, 0.5) is 0 Å². The number of ether oxygens (including phenoxy) is 1. The minimum atomic E-state index is 0.753. The highest BCUT2D eigenvalue weighted by molar-refractivity contribution is 5.73. The molecule has 0 aromatic heterocycles. The second-order valence-corrected chi connectivity index (χ2v) is 5.75. The van der Waals surface area contributed by atoms with Gasteiger partial charge in [-0.2, -0.15) is 0 Å². The predicted octanol–water partition coefficient (Wildman–Crippen LogP) is 3.54.